The number of carbonyl (C=O) groups excluding carboxylic acids is 2. The van der Waals surface area contributed by atoms with E-state index < -0.39 is 0 Å². The van der Waals surface area contributed by atoms with E-state index in [9.17, 15) is 9.59 Å². The van der Waals surface area contributed by atoms with Gasteiger partial charge in [-0.1, -0.05) is 18.2 Å². The summed E-state index contributed by atoms with van der Waals surface area (Å²) in [5, 5.41) is 2.81. The quantitative estimate of drug-likeness (QED) is 0.880. The van der Waals surface area contributed by atoms with Gasteiger partial charge in [0.2, 0.25) is 5.91 Å². The fourth-order valence-electron chi connectivity index (χ4n) is 2.20. The number of fused-ring (bicyclic) bond motifs is 1. The van der Waals surface area contributed by atoms with Crippen LogP contribution in [0.2, 0.25) is 0 Å². The van der Waals surface area contributed by atoms with E-state index in [0.717, 1.165) is 18.4 Å². The highest BCUT2D eigenvalue weighted by Crippen LogP contribution is 2.37. The maximum atomic E-state index is 12.2. The van der Waals surface area contributed by atoms with Gasteiger partial charge in [0.15, 0.2) is 0 Å². The van der Waals surface area contributed by atoms with Crippen LogP contribution in [-0.2, 0) is 11.2 Å². The van der Waals surface area contributed by atoms with Crippen LogP contribution in [0.15, 0.2) is 53.4 Å². The van der Waals surface area contributed by atoms with E-state index >= 15 is 0 Å². The highest BCUT2D eigenvalue weighted by atomic mass is 32.2. The van der Waals surface area contributed by atoms with Gasteiger partial charge >= 0.3 is 0 Å². The van der Waals surface area contributed by atoms with Gasteiger partial charge in [-0.05, 0) is 42.3 Å². The molecule has 1 amide bonds. The number of carbonyl (C=O) groups is 2. The molecular formula is C16H13NO2S. The Bertz CT molecular complexity index is 627. The predicted octanol–water partition coefficient (Wildman–Crippen LogP) is 3.15. The number of thioether (sulfide) groups is 1. The van der Waals surface area contributed by atoms with Crippen LogP contribution in [0.5, 0.6) is 0 Å². The lowest BCUT2D eigenvalue weighted by molar-refractivity contribution is -0.115. The molecule has 2 aromatic rings. The van der Waals surface area contributed by atoms with Crippen LogP contribution in [0, 0.1) is 0 Å². The third-order valence-corrected chi connectivity index (χ3v) is 4.57. The molecule has 4 heteroatoms. The van der Waals surface area contributed by atoms with Gasteiger partial charge in [-0.25, -0.2) is 0 Å². The number of amides is 1. The van der Waals surface area contributed by atoms with Gasteiger partial charge in [-0.2, -0.15) is 0 Å². The second kappa shape index (κ2) is 5.51. The first-order valence-electron chi connectivity index (χ1n) is 6.37. The molecule has 0 saturated heterocycles. The number of rotatable bonds is 3. The van der Waals surface area contributed by atoms with E-state index in [2.05, 4.69) is 11.4 Å². The van der Waals surface area contributed by atoms with Crippen LogP contribution >= 0.6 is 11.8 Å². The van der Waals surface area contributed by atoms with Crippen molar-refractivity contribution in [3.05, 3.63) is 59.7 Å². The van der Waals surface area contributed by atoms with E-state index in [1.165, 1.54) is 10.5 Å². The monoisotopic (exact) mass is 283 g/mol. The largest absolute Gasteiger partial charge is 0.325 e. The van der Waals surface area contributed by atoms with Gasteiger partial charge in [0.25, 0.3) is 0 Å². The molecule has 2 aromatic carbocycles. The van der Waals surface area contributed by atoms with Crippen LogP contribution in [0.25, 0.3) is 0 Å². The van der Waals surface area contributed by atoms with Crippen molar-refractivity contribution in [1.82, 2.24) is 0 Å². The predicted molar refractivity (Wildman–Crippen MR) is 80.3 cm³/mol. The topological polar surface area (TPSA) is 46.2 Å². The fraction of sp³-hybridized carbons (Fsp3) is 0.125. The average Bonchev–Trinajstić information content (AvgIpc) is 2.92. The minimum Gasteiger partial charge on any atom is -0.325 e. The zero-order chi connectivity index (χ0) is 13.9. The molecule has 1 heterocycles. The molecule has 0 spiro atoms. The Labute approximate surface area is 121 Å². The number of benzene rings is 2. The second-order valence-corrected chi connectivity index (χ2v) is 5.89. The summed E-state index contributed by atoms with van der Waals surface area (Å²) >= 11 is 1.60. The Hall–Kier alpha value is -2.07. The Balaban J connectivity index is 1.67. The van der Waals surface area contributed by atoms with Crippen LogP contribution in [0.4, 0.5) is 5.69 Å². The van der Waals surface area contributed by atoms with Crippen molar-refractivity contribution in [2.24, 2.45) is 0 Å². The molecule has 0 fully saturated rings. The lowest BCUT2D eigenvalue weighted by Crippen LogP contribution is -2.24. The molecule has 1 N–H and O–H groups in total. The van der Waals surface area contributed by atoms with Crippen LogP contribution in [0.1, 0.15) is 15.9 Å². The standard InChI is InChI=1S/C16H13NO2S/c18-10-11-5-7-13(8-6-11)17-16(19)15-9-12-3-1-2-4-14(12)20-15/h1-8,10,15H,9H2,(H,17,19). The van der Waals surface area contributed by atoms with E-state index in [4.69, 9.17) is 0 Å². The number of hydrogen-bond acceptors (Lipinski definition) is 3. The van der Waals surface area contributed by atoms with Gasteiger partial charge in [0.1, 0.15) is 6.29 Å². The first-order chi connectivity index (χ1) is 9.76. The summed E-state index contributed by atoms with van der Waals surface area (Å²) in [7, 11) is 0. The summed E-state index contributed by atoms with van der Waals surface area (Å²) in [6.07, 6.45) is 1.55. The van der Waals surface area contributed by atoms with E-state index in [0.29, 0.717) is 5.56 Å². The average molecular weight is 283 g/mol. The van der Waals surface area contributed by atoms with Crippen molar-refractivity contribution in [1.29, 1.82) is 0 Å². The highest BCUT2D eigenvalue weighted by molar-refractivity contribution is 8.01. The lowest BCUT2D eigenvalue weighted by Gasteiger charge is -2.09. The molecule has 100 valence electrons. The van der Waals surface area contributed by atoms with Crippen LogP contribution in [0.3, 0.4) is 0 Å². The summed E-state index contributed by atoms with van der Waals surface area (Å²) in [6, 6.07) is 15.0. The second-order valence-electron chi connectivity index (χ2n) is 4.65. The zero-order valence-electron chi connectivity index (χ0n) is 10.7. The number of nitrogens with one attached hydrogen (secondary N) is 1. The summed E-state index contributed by atoms with van der Waals surface area (Å²) in [6.45, 7) is 0. The molecule has 0 aromatic heterocycles. The number of aldehydes is 1. The normalized spacial score (nSPS) is 16.5. The molecular weight excluding hydrogens is 270 g/mol. The van der Waals surface area contributed by atoms with Crippen LogP contribution < -0.4 is 5.32 Å². The minimum absolute atomic E-state index is 0.00468. The Morgan fingerprint density at radius 3 is 2.60 bits per heavy atom. The first-order valence-corrected chi connectivity index (χ1v) is 7.25. The summed E-state index contributed by atoms with van der Waals surface area (Å²) in [4.78, 5) is 24.0. The number of hydrogen-bond donors (Lipinski definition) is 1. The summed E-state index contributed by atoms with van der Waals surface area (Å²) < 4.78 is 0. The maximum Gasteiger partial charge on any atom is 0.238 e. The molecule has 3 rings (SSSR count). The fourth-order valence-corrected chi connectivity index (χ4v) is 3.39. The Kier molecular flexibility index (Phi) is 3.56. The Morgan fingerprint density at radius 1 is 1.15 bits per heavy atom. The van der Waals surface area contributed by atoms with Crippen LogP contribution in [-0.4, -0.2) is 17.4 Å². The lowest BCUT2D eigenvalue weighted by atomic mass is 10.1. The first kappa shape index (κ1) is 12.9. The Morgan fingerprint density at radius 2 is 1.90 bits per heavy atom. The molecule has 0 saturated carbocycles. The molecule has 0 radical (unpaired) electrons. The van der Waals surface area contributed by atoms with E-state index in [1.807, 2.05) is 18.2 Å². The number of anilines is 1. The van der Waals surface area contributed by atoms with Crippen molar-refractivity contribution in [3.63, 3.8) is 0 Å². The minimum atomic E-state index is -0.0850. The molecule has 0 aliphatic carbocycles. The molecule has 1 atom stereocenters. The molecule has 1 aliphatic heterocycles. The van der Waals surface area contributed by atoms with Crippen molar-refractivity contribution in [3.8, 4) is 0 Å². The van der Waals surface area contributed by atoms with Gasteiger partial charge < -0.3 is 5.32 Å². The van der Waals surface area contributed by atoms with Crippen molar-refractivity contribution in [2.75, 3.05) is 5.32 Å². The van der Waals surface area contributed by atoms with Gasteiger partial charge in [-0.15, -0.1) is 11.8 Å². The zero-order valence-corrected chi connectivity index (χ0v) is 11.5. The van der Waals surface area contributed by atoms with E-state index in [1.54, 1.807) is 36.0 Å². The van der Waals surface area contributed by atoms with Gasteiger partial charge in [0.05, 0.1) is 5.25 Å². The molecule has 1 aliphatic rings. The molecule has 20 heavy (non-hydrogen) atoms. The van der Waals surface area contributed by atoms with Gasteiger partial charge in [-0.3, -0.25) is 9.59 Å². The third-order valence-electron chi connectivity index (χ3n) is 3.25. The molecule has 0 bridgehead atoms. The molecule has 1 unspecified atom stereocenters. The van der Waals surface area contributed by atoms with Crippen molar-refractivity contribution in [2.45, 2.75) is 16.6 Å². The van der Waals surface area contributed by atoms with E-state index in [-0.39, 0.29) is 11.2 Å². The van der Waals surface area contributed by atoms with Gasteiger partial charge in [0, 0.05) is 16.1 Å². The third kappa shape index (κ3) is 2.60. The maximum absolute atomic E-state index is 12.2. The van der Waals surface area contributed by atoms with Crippen molar-refractivity contribution >= 4 is 29.6 Å². The highest BCUT2D eigenvalue weighted by Gasteiger charge is 2.27. The summed E-state index contributed by atoms with van der Waals surface area (Å²) in [5.41, 5.74) is 2.55. The summed E-state index contributed by atoms with van der Waals surface area (Å²) in [5.74, 6) is 0.00468. The van der Waals surface area contributed by atoms with Crippen molar-refractivity contribution < 1.29 is 9.59 Å². The SMILES string of the molecule is O=Cc1ccc(NC(=O)C2Cc3ccccc3S2)cc1. The molecule has 3 nitrogen and oxygen atoms in total. The smallest absolute Gasteiger partial charge is 0.238 e.